The standard InChI is InChI=1S/C11H23N3O/c1-13-7-4-10(5-8-13)9-14(2)11(15)3-6-12/h10H,3-9,12H2,1-2H3. The zero-order chi connectivity index (χ0) is 11.3. The number of nitrogens with zero attached hydrogens (tertiary/aromatic N) is 2. The van der Waals surface area contributed by atoms with Gasteiger partial charge in [-0.1, -0.05) is 0 Å². The van der Waals surface area contributed by atoms with Gasteiger partial charge >= 0.3 is 0 Å². The maximum absolute atomic E-state index is 11.5. The molecule has 0 aromatic heterocycles. The first-order valence-electron chi connectivity index (χ1n) is 5.76. The molecule has 1 amide bonds. The van der Waals surface area contributed by atoms with Crippen molar-refractivity contribution in [2.24, 2.45) is 11.7 Å². The van der Waals surface area contributed by atoms with Gasteiger partial charge in [0.25, 0.3) is 0 Å². The lowest BCUT2D eigenvalue weighted by molar-refractivity contribution is -0.130. The lowest BCUT2D eigenvalue weighted by Gasteiger charge is -2.31. The van der Waals surface area contributed by atoms with Crippen LogP contribution >= 0.6 is 0 Å². The Labute approximate surface area is 92.4 Å². The highest BCUT2D eigenvalue weighted by Crippen LogP contribution is 2.16. The summed E-state index contributed by atoms with van der Waals surface area (Å²) in [5.74, 6) is 0.851. The van der Waals surface area contributed by atoms with Crippen LogP contribution in [0.2, 0.25) is 0 Å². The molecule has 0 atom stereocenters. The SMILES string of the molecule is CN1CCC(CN(C)C(=O)CCN)CC1. The van der Waals surface area contributed by atoms with E-state index >= 15 is 0 Å². The van der Waals surface area contributed by atoms with Crippen LogP contribution in [0.5, 0.6) is 0 Å². The zero-order valence-electron chi connectivity index (χ0n) is 9.91. The summed E-state index contributed by atoms with van der Waals surface area (Å²) < 4.78 is 0. The predicted molar refractivity (Wildman–Crippen MR) is 61.5 cm³/mol. The van der Waals surface area contributed by atoms with E-state index in [9.17, 15) is 4.79 Å². The Bertz CT molecular complexity index is 200. The highest BCUT2D eigenvalue weighted by atomic mass is 16.2. The number of carbonyl (C=O) groups excluding carboxylic acids is 1. The minimum Gasteiger partial charge on any atom is -0.345 e. The fourth-order valence-corrected chi connectivity index (χ4v) is 2.05. The molecule has 1 aliphatic heterocycles. The van der Waals surface area contributed by atoms with Gasteiger partial charge in [-0.2, -0.15) is 0 Å². The molecular weight excluding hydrogens is 190 g/mol. The molecule has 0 unspecified atom stereocenters. The van der Waals surface area contributed by atoms with Crippen LogP contribution < -0.4 is 5.73 Å². The van der Waals surface area contributed by atoms with Crippen molar-refractivity contribution in [1.82, 2.24) is 9.80 Å². The fraction of sp³-hybridized carbons (Fsp3) is 0.909. The van der Waals surface area contributed by atoms with Crippen molar-refractivity contribution in [2.45, 2.75) is 19.3 Å². The molecule has 0 radical (unpaired) electrons. The molecule has 1 saturated heterocycles. The van der Waals surface area contributed by atoms with Gasteiger partial charge in [0.1, 0.15) is 0 Å². The van der Waals surface area contributed by atoms with E-state index in [0.717, 1.165) is 19.6 Å². The number of likely N-dealkylation sites (tertiary alicyclic amines) is 1. The molecule has 1 heterocycles. The molecule has 1 aliphatic rings. The van der Waals surface area contributed by atoms with Gasteiger partial charge in [-0.15, -0.1) is 0 Å². The molecule has 1 fully saturated rings. The molecule has 0 aliphatic carbocycles. The van der Waals surface area contributed by atoms with Crippen LogP contribution in [0.3, 0.4) is 0 Å². The van der Waals surface area contributed by atoms with Crippen LogP contribution in [0.1, 0.15) is 19.3 Å². The highest BCUT2D eigenvalue weighted by molar-refractivity contribution is 5.76. The number of amides is 1. The Balaban J connectivity index is 2.25. The van der Waals surface area contributed by atoms with Crippen LogP contribution in [-0.4, -0.2) is 56.0 Å². The van der Waals surface area contributed by atoms with E-state index in [1.54, 1.807) is 0 Å². The normalized spacial score (nSPS) is 19.1. The van der Waals surface area contributed by atoms with E-state index in [1.165, 1.54) is 12.8 Å². The molecule has 4 nitrogen and oxygen atoms in total. The molecule has 0 spiro atoms. The van der Waals surface area contributed by atoms with E-state index < -0.39 is 0 Å². The lowest BCUT2D eigenvalue weighted by Crippen LogP contribution is -2.38. The largest absolute Gasteiger partial charge is 0.345 e. The average molecular weight is 213 g/mol. The van der Waals surface area contributed by atoms with Crippen LogP contribution in [0.25, 0.3) is 0 Å². The second kappa shape index (κ2) is 6.08. The molecule has 0 aromatic carbocycles. The van der Waals surface area contributed by atoms with Gasteiger partial charge in [0, 0.05) is 26.6 Å². The predicted octanol–water partition coefficient (Wildman–Crippen LogP) is 0.135. The summed E-state index contributed by atoms with van der Waals surface area (Å²) >= 11 is 0. The van der Waals surface area contributed by atoms with Crippen LogP contribution in [0.15, 0.2) is 0 Å². The molecule has 88 valence electrons. The van der Waals surface area contributed by atoms with Crippen LogP contribution in [0, 0.1) is 5.92 Å². The zero-order valence-corrected chi connectivity index (χ0v) is 9.91. The summed E-state index contributed by atoms with van der Waals surface area (Å²) in [6, 6.07) is 0. The van der Waals surface area contributed by atoms with E-state index in [-0.39, 0.29) is 5.91 Å². The van der Waals surface area contributed by atoms with Crippen LogP contribution in [-0.2, 0) is 4.79 Å². The summed E-state index contributed by atoms with van der Waals surface area (Å²) in [5.41, 5.74) is 5.36. The third kappa shape index (κ3) is 4.18. The smallest absolute Gasteiger partial charge is 0.223 e. The first kappa shape index (κ1) is 12.5. The Morgan fingerprint density at radius 3 is 2.60 bits per heavy atom. The van der Waals surface area contributed by atoms with Gasteiger partial charge in [-0.25, -0.2) is 0 Å². The maximum Gasteiger partial charge on any atom is 0.223 e. The summed E-state index contributed by atoms with van der Waals surface area (Å²) in [6.45, 7) is 3.66. The van der Waals surface area contributed by atoms with Crippen molar-refractivity contribution in [3.8, 4) is 0 Å². The Hall–Kier alpha value is -0.610. The van der Waals surface area contributed by atoms with Crippen molar-refractivity contribution in [1.29, 1.82) is 0 Å². The van der Waals surface area contributed by atoms with Crippen molar-refractivity contribution in [3.05, 3.63) is 0 Å². The van der Waals surface area contributed by atoms with Gasteiger partial charge in [-0.3, -0.25) is 4.79 Å². The fourth-order valence-electron chi connectivity index (χ4n) is 2.05. The number of rotatable bonds is 4. The summed E-state index contributed by atoms with van der Waals surface area (Å²) in [7, 11) is 4.04. The summed E-state index contributed by atoms with van der Waals surface area (Å²) in [5, 5.41) is 0. The first-order chi connectivity index (χ1) is 7.13. The maximum atomic E-state index is 11.5. The van der Waals surface area contributed by atoms with Gasteiger partial charge in [-0.05, 0) is 38.9 Å². The first-order valence-corrected chi connectivity index (χ1v) is 5.76. The second-order valence-electron chi connectivity index (χ2n) is 4.56. The molecule has 1 rings (SSSR count). The molecule has 15 heavy (non-hydrogen) atoms. The van der Waals surface area contributed by atoms with Crippen molar-refractivity contribution in [3.63, 3.8) is 0 Å². The number of carbonyl (C=O) groups is 1. The van der Waals surface area contributed by atoms with Crippen molar-refractivity contribution in [2.75, 3.05) is 40.3 Å². The number of piperidine rings is 1. The van der Waals surface area contributed by atoms with E-state index in [4.69, 9.17) is 5.73 Å². The average Bonchev–Trinajstić information content (AvgIpc) is 2.22. The molecular formula is C11H23N3O. The molecule has 2 N–H and O–H groups in total. The van der Waals surface area contributed by atoms with Gasteiger partial charge < -0.3 is 15.5 Å². The van der Waals surface area contributed by atoms with Crippen LogP contribution in [0.4, 0.5) is 0 Å². The molecule has 0 aromatic rings. The molecule has 4 heteroatoms. The minimum atomic E-state index is 0.177. The Kier molecular flexibility index (Phi) is 5.05. The van der Waals surface area contributed by atoms with Crippen molar-refractivity contribution < 1.29 is 4.79 Å². The van der Waals surface area contributed by atoms with Gasteiger partial charge in [0.15, 0.2) is 0 Å². The van der Waals surface area contributed by atoms with E-state index in [1.807, 2.05) is 11.9 Å². The monoisotopic (exact) mass is 213 g/mol. The van der Waals surface area contributed by atoms with Gasteiger partial charge in [0.05, 0.1) is 0 Å². The third-order valence-electron chi connectivity index (χ3n) is 3.15. The second-order valence-corrected chi connectivity index (χ2v) is 4.56. The Morgan fingerprint density at radius 2 is 2.07 bits per heavy atom. The molecule has 0 saturated carbocycles. The van der Waals surface area contributed by atoms with E-state index in [0.29, 0.717) is 18.9 Å². The lowest BCUT2D eigenvalue weighted by atomic mass is 9.96. The number of hydrogen-bond donors (Lipinski definition) is 1. The topological polar surface area (TPSA) is 49.6 Å². The summed E-state index contributed by atoms with van der Waals surface area (Å²) in [4.78, 5) is 15.7. The highest BCUT2D eigenvalue weighted by Gasteiger charge is 2.19. The quantitative estimate of drug-likeness (QED) is 0.722. The van der Waals surface area contributed by atoms with Gasteiger partial charge in [0.2, 0.25) is 5.91 Å². The minimum absolute atomic E-state index is 0.177. The molecule has 0 bridgehead atoms. The number of nitrogens with two attached hydrogens (primary N) is 1. The van der Waals surface area contributed by atoms with Crippen molar-refractivity contribution >= 4 is 5.91 Å². The number of hydrogen-bond acceptors (Lipinski definition) is 3. The summed E-state index contributed by atoms with van der Waals surface area (Å²) in [6.07, 6.45) is 2.89. The Morgan fingerprint density at radius 1 is 1.47 bits per heavy atom. The van der Waals surface area contributed by atoms with E-state index in [2.05, 4.69) is 11.9 Å². The third-order valence-corrected chi connectivity index (χ3v) is 3.15.